The van der Waals surface area contributed by atoms with Crippen LogP contribution in [0.4, 0.5) is 4.79 Å². The number of carbonyl (C=O) groups is 3. The highest BCUT2D eigenvalue weighted by atomic mass is 16.2. The Morgan fingerprint density at radius 2 is 2.17 bits per heavy atom. The van der Waals surface area contributed by atoms with Crippen LogP contribution in [0.15, 0.2) is 0 Å². The van der Waals surface area contributed by atoms with E-state index in [0.717, 1.165) is 4.90 Å². The van der Waals surface area contributed by atoms with Gasteiger partial charge in [0.05, 0.1) is 12.6 Å². The molecule has 0 aliphatic carbocycles. The molecule has 0 aromatic heterocycles. The number of nitrogens with zero attached hydrogens (tertiary/aromatic N) is 1. The molecule has 1 heterocycles. The number of urea groups is 1. The van der Waals surface area contributed by atoms with Crippen molar-refractivity contribution in [2.24, 2.45) is 11.7 Å². The quantitative estimate of drug-likeness (QED) is 0.532. The third-order valence-corrected chi connectivity index (χ3v) is 2.63. The SMILES string of the molecule is CC(C)C[C@H](N)C(=O)NCCN1C(=O)CNC1=O. The summed E-state index contributed by atoms with van der Waals surface area (Å²) in [5.41, 5.74) is 5.70. The average molecular weight is 256 g/mol. The van der Waals surface area contributed by atoms with Crippen molar-refractivity contribution < 1.29 is 14.4 Å². The van der Waals surface area contributed by atoms with Crippen LogP contribution in [0.25, 0.3) is 0 Å². The summed E-state index contributed by atoms with van der Waals surface area (Å²) >= 11 is 0. The van der Waals surface area contributed by atoms with Crippen LogP contribution in [0, 0.1) is 5.92 Å². The van der Waals surface area contributed by atoms with Crippen molar-refractivity contribution in [1.29, 1.82) is 0 Å². The number of hydrogen-bond acceptors (Lipinski definition) is 4. The second-order valence-corrected chi connectivity index (χ2v) is 4.73. The highest BCUT2D eigenvalue weighted by Gasteiger charge is 2.27. The number of imide groups is 1. The van der Waals surface area contributed by atoms with Crippen LogP contribution < -0.4 is 16.4 Å². The average Bonchev–Trinajstić information content (AvgIpc) is 2.59. The van der Waals surface area contributed by atoms with Crippen LogP contribution in [0.1, 0.15) is 20.3 Å². The second kappa shape index (κ2) is 6.34. The summed E-state index contributed by atoms with van der Waals surface area (Å²) in [6.45, 7) is 4.40. The Bertz CT molecular complexity index is 327. The summed E-state index contributed by atoms with van der Waals surface area (Å²) in [5, 5.41) is 5.02. The van der Waals surface area contributed by atoms with Crippen LogP contribution in [0.3, 0.4) is 0 Å². The van der Waals surface area contributed by atoms with E-state index in [9.17, 15) is 14.4 Å². The van der Waals surface area contributed by atoms with E-state index in [1.54, 1.807) is 0 Å². The Labute approximate surface area is 106 Å². The van der Waals surface area contributed by atoms with E-state index in [1.807, 2.05) is 13.8 Å². The third kappa shape index (κ3) is 3.99. The minimum absolute atomic E-state index is 0.0274. The molecule has 7 nitrogen and oxygen atoms in total. The van der Waals surface area contributed by atoms with E-state index in [-0.39, 0.29) is 31.4 Å². The summed E-state index contributed by atoms with van der Waals surface area (Å²) in [7, 11) is 0. The molecule has 0 bridgehead atoms. The predicted octanol–water partition coefficient (Wildman–Crippen LogP) is -0.972. The van der Waals surface area contributed by atoms with Gasteiger partial charge in [-0.15, -0.1) is 0 Å². The van der Waals surface area contributed by atoms with E-state index in [2.05, 4.69) is 10.6 Å². The monoisotopic (exact) mass is 256 g/mol. The maximum atomic E-state index is 11.6. The number of carbonyl (C=O) groups excluding carboxylic acids is 3. The molecule has 1 fully saturated rings. The third-order valence-electron chi connectivity index (χ3n) is 2.63. The maximum absolute atomic E-state index is 11.6. The molecule has 0 saturated carbocycles. The largest absolute Gasteiger partial charge is 0.353 e. The molecule has 0 aromatic rings. The van der Waals surface area contributed by atoms with Gasteiger partial charge in [0, 0.05) is 13.1 Å². The van der Waals surface area contributed by atoms with Crippen LogP contribution in [-0.2, 0) is 9.59 Å². The van der Waals surface area contributed by atoms with E-state index < -0.39 is 12.1 Å². The first-order chi connectivity index (χ1) is 8.41. The van der Waals surface area contributed by atoms with Crippen molar-refractivity contribution in [1.82, 2.24) is 15.5 Å². The molecule has 7 heteroatoms. The van der Waals surface area contributed by atoms with Gasteiger partial charge in [-0.3, -0.25) is 14.5 Å². The standard InChI is InChI=1S/C11H20N4O3/c1-7(2)5-8(12)10(17)13-3-4-15-9(16)6-14-11(15)18/h7-8H,3-6,12H2,1-2H3,(H,13,17)(H,14,18)/t8-/m0/s1. The molecule has 4 N–H and O–H groups in total. The zero-order valence-corrected chi connectivity index (χ0v) is 10.7. The fourth-order valence-electron chi connectivity index (χ4n) is 1.72. The van der Waals surface area contributed by atoms with E-state index >= 15 is 0 Å². The summed E-state index contributed by atoms with van der Waals surface area (Å²) in [4.78, 5) is 35.1. The maximum Gasteiger partial charge on any atom is 0.324 e. The predicted molar refractivity (Wildman–Crippen MR) is 65.6 cm³/mol. The molecule has 18 heavy (non-hydrogen) atoms. The van der Waals surface area contributed by atoms with Crippen LogP contribution in [-0.4, -0.2) is 48.4 Å². The van der Waals surface area contributed by atoms with Crippen molar-refractivity contribution in [3.8, 4) is 0 Å². The van der Waals surface area contributed by atoms with Gasteiger partial charge in [0.15, 0.2) is 0 Å². The zero-order chi connectivity index (χ0) is 13.7. The normalized spacial score (nSPS) is 17.0. The van der Waals surface area contributed by atoms with Gasteiger partial charge < -0.3 is 16.4 Å². The Balaban J connectivity index is 2.27. The number of hydrogen-bond donors (Lipinski definition) is 3. The molecular weight excluding hydrogens is 236 g/mol. The lowest BCUT2D eigenvalue weighted by Crippen LogP contribution is -2.45. The minimum atomic E-state index is -0.548. The Morgan fingerprint density at radius 3 is 2.67 bits per heavy atom. The van der Waals surface area contributed by atoms with Crippen LogP contribution >= 0.6 is 0 Å². The summed E-state index contributed by atoms with van der Waals surface area (Å²) in [5.74, 6) is -0.187. The molecule has 0 unspecified atom stereocenters. The van der Waals surface area contributed by atoms with Gasteiger partial charge in [0.2, 0.25) is 11.8 Å². The summed E-state index contributed by atoms with van der Waals surface area (Å²) < 4.78 is 0. The lowest BCUT2D eigenvalue weighted by atomic mass is 10.0. The highest BCUT2D eigenvalue weighted by molar-refractivity contribution is 6.01. The van der Waals surface area contributed by atoms with Crippen molar-refractivity contribution in [2.45, 2.75) is 26.3 Å². The highest BCUT2D eigenvalue weighted by Crippen LogP contribution is 2.02. The fraction of sp³-hybridized carbons (Fsp3) is 0.727. The van der Waals surface area contributed by atoms with Gasteiger partial charge in [0.25, 0.3) is 0 Å². The van der Waals surface area contributed by atoms with Gasteiger partial charge in [0.1, 0.15) is 0 Å². The fourth-order valence-corrected chi connectivity index (χ4v) is 1.72. The molecule has 102 valence electrons. The first-order valence-corrected chi connectivity index (χ1v) is 6.03. The Hall–Kier alpha value is -1.63. The van der Waals surface area contributed by atoms with Crippen LogP contribution in [0.5, 0.6) is 0 Å². The molecular formula is C11H20N4O3. The number of rotatable bonds is 6. The van der Waals surface area contributed by atoms with Crippen molar-refractivity contribution in [3.05, 3.63) is 0 Å². The van der Waals surface area contributed by atoms with Gasteiger partial charge in [-0.05, 0) is 12.3 Å². The number of nitrogens with two attached hydrogens (primary N) is 1. The van der Waals surface area contributed by atoms with Gasteiger partial charge in [-0.2, -0.15) is 0 Å². The second-order valence-electron chi connectivity index (χ2n) is 4.73. The first kappa shape index (κ1) is 14.4. The van der Waals surface area contributed by atoms with Gasteiger partial charge >= 0.3 is 6.03 Å². The van der Waals surface area contributed by atoms with Crippen molar-refractivity contribution >= 4 is 17.8 Å². The molecule has 1 atom stereocenters. The molecule has 1 aliphatic rings. The molecule has 1 saturated heterocycles. The molecule has 0 radical (unpaired) electrons. The van der Waals surface area contributed by atoms with E-state index in [4.69, 9.17) is 5.73 Å². The minimum Gasteiger partial charge on any atom is -0.353 e. The first-order valence-electron chi connectivity index (χ1n) is 6.03. The zero-order valence-electron chi connectivity index (χ0n) is 10.7. The van der Waals surface area contributed by atoms with Gasteiger partial charge in [-0.1, -0.05) is 13.8 Å². The van der Waals surface area contributed by atoms with Crippen molar-refractivity contribution in [3.63, 3.8) is 0 Å². The van der Waals surface area contributed by atoms with E-state index in [0.29, 0.717) is 12.3 Å². The Morgan fingerprint density at radius 1 is 1.50 bits per heavy atom. The lowest BCUT2D eigenvalue weighted by molar-refractivity contribution is -0.126. The summed E-state index contributed by atoms with van der Waals surface area (Å²) in [6.07, 6.45) is 0.606. The molecule has 1 aliphatic heterocycles. The Kier molecular flexibility index (Phi) is 5.08. The summed E-state index contributed by atoms with van der Waals surface area (Å²) in [6, 6.07) is -0.964. The molecule has 0 spiro atoms. The topological polar surface area (TPSA) is 105 Å². The van der Waals surface area contributed by atoms with Crippen LogP contribution in [0.2, 0.25) is 0 Å². The lowest BCUT2D eigenvalue weighted by Gasteiger charge is -2.16. The molecule has 0 aromatic carbocycles. The molecule has 4 amide bonds. The molecule has 1 rings (SSSR count). The van der Waals surface area contributed by atoms with Crippen molar-refractivity contribution in [2.75, 3.05) is 19.6 Å². The van der Waals surface area contributed by atoms with E-state index in [1.165, 1.54) is 0 Å². The van der Waals surface area contributed by atoms with Gasteiger partial charge in [-0.25, -0.2) is 4.79 Å². The number of amides is 4. The number of nitrogens with one attached hydrogen (secondary N) is 2. The smallest absolute Gasteiger partial charge is 0.324 e.